The standard InChI is InChI=1S/C15H13F3N2O3/c16-15(17,18)10-23-13-5-3-11(4-6-13)8-19-14(21)12-2-1-7-20(22)9-12/h1-7,9H,8,10H2,(H,19,21). The molecule has 1 heterocycles. The molecule has 1 aromatic heterocycles. The van der Waals surface area contributed by atoms with Crippen LogP contribution in [0.5, 0.6) is 5.75 Å². The predicted molar refractivity (Wildman–Crippen MR) is 74.6 cm³/mol. The third-order valence-electron chi connectivity index (χ3n) is 2.82. The molecular formula is C15H13F3N2O3. The first-order valence-electron chi connectivity index (χ1n) is 6.59. The van der Waals surface area contributed by atoms with Crippen molar-refractivity contribution in [2.24, 2.45) is 0 Å². The van der Waals surface area contributed by atoms with Gasteiger partial charge in [0, 0.05) is 12.6 Å². The Labute approximate surface area is 129 Å². The summed E-state index contributed by atoms with van der Waals surface area (Å²) in [7, 11) is 0. The van der Waals surface area contributed by atoms with Gasteiger partial charge in [-0.3, -0.25) is 4.79 Å². The van der Waals surface area contributed by atoms with Gasteiger partial charge in [-0.15, -0.1) is 0 Å². The van der Waals surface area contributed by atoms with Crippen LogP contribution in [0.15, 0.2) is 48.8 Å². The van der Waals surface area contributed by atoms with E-state index in [-0.39, 0.29) is 17.9 Å². The number of hydrogen-bond acceptors (Lipinski definition) is 3. The molecule has 0 radical (unpaired) electrons. The zero-order valence-corrected chi connectivity index (χ0v) is 11.8. The second-order valence-corrected chi connectivity index (χ2v) is 4.68. The van der Waals surface area contributed by atoms with Gasteiger partial charge in [0.15, 0.2) is 19.0 Å². The fourth-order valence-corrected chi connectivity index (χ4v) is 1.74. The molecule has 0 spiro atoms. The number of hydrogen-bond donors (Lipinski definition) is 1. The zero-order valence-electron chi connectivity index (χ0n) is 11.8. The van der Waals surface area contributed by atoms with Gasteiger partial charge in [-0.1, -0.05) is 12.1 Å². The van der Waals surface area contributed by atoms with Crippen molar-refractivity contribution in [2.45, 2.75) is 12.7 Å². The molecule has 2 aromatic rings. The van der Waals surface area contributed by atoms with Gasteiger partial charge in [0.25, 0.3) is 5.91 Å². The summed E-state index contributed by atoms with van der Waals surface area (Å²) in [5, 5.41) is 13.7. The minimum Gasteiger partial charge on any atom is -0.619 e. The summed E-state index contributed by atoms with van der Waals surface area (Å²) >= 11 is 0. The number of amides is 1. The summed E-state index contributed by atoms with van der Waals surface area (Å²) < 4.78 is 41.2. The molecule has 1 aromatic carbocycles. The van der Waals surface area contributed by atoms with Gasteiger partial charge in [-0.25, -0.2) is 0 Å². The van der Waals surface area contributed by atoms with Crippen LogP contribution in [0.2, 0.25) is 0 Å². The largest absolute Gasteiger partial charge is 0.619 e. The molecule has 0 fully saturated rings. The maximum Gasteiger partial charge on any atom is 0.422 e. The summed E-state index contributed by atoms with van der Waals surface area (Å²) in [5.74, 6) is -0.333. The highest BCUT2D eigenvalue weighted by atomic mass is 19.4. The lowest BCUT2D eigenvalue weighted by molar-refractivity contribution is -0.605. The van der Waals surface area contributed by atoms with Crippen LogP contribution < -0.4 is 14.8 Å². The first-order valence-corrected chi connectivity index (χ1v) is 6.59. The number of nitrogens with one attached hydrogen (secondary N) is 1. The number of pyridine rings is 1. The third-order valence-corrected chi connectivity index (χ3v) is 2.82. The first-order chi connectivity index (χ1) is 10.8. The molecule has 1 amide bonds. The number of carbonyl (C=O) groups is 1. The highest BCUT2D eigenvalue weighted by Crippen LogP contribution is 2.18. The molecule has 122 valence electrons. The van der Waals surface area contributed by atoms with E-state index >= 15 is 0 Å². The number of rotatable bonds is 5. The number of benzene rings is 1. The molecule has 8 heteroatoms. The Morgan fingerprint density at radius 3 is 2.52 bits per heavy atom. The van der Waals surface area contributed by atoms with Crippen molar-refractivity contribution in [3.05, 3.63) is 65.1 Å². The lowest BCUT2D eigenvalue weighted by Gasteiger charge is -2.10. The van der Waals surface area contributed by atoms with E-state index in [4.69, 9.17) is 0 Å². The van der Waals surface area contributed by atoms with Gasteiger partial charge in [0.2, 0.25) is 0 Å². The van der Waals surface area contributed by atoms with E-state index in [0.29, 0.717) is 10.3 Å². The highest BCUT2D eigenvalue weighted by molar-refractivity contribution is 5.93. The number of ether oxygens (including phenoxy) is 1. The van der Waals surface area contributed by atoms with E-state index in [9.17, 15) is 23.2 Å². The van der Waals surface area contributed by atoms with Gasteiger partial charge in [-0.05, 0) is 23.8 Å². The summed E-state index contributed by atoms with van der Waals surface area (Å²) in [6, 6.07) is 8.82. The number of alkyl halides is 3. The monoisotopic (exact) mass is 326 g/mol. The Kier molecular flexibility index (Phi) is 5.05. The normalized spacial score (nSPS) is 11.1. The SMILES string of the molecule is O=C(NCc1ccc(OCC(F)(F)F)cc1)c1ccc[n+]([O-])c1. The van der Waals surface area contributed by atoms with Crippen LogP contribution in [-0.4, -0.2) is 18.7 Å². The van der Waals surface area contributed by atoms with Crippen molar-refractivity contribution in [1.82, 2.24) is 5.32 Å². The Hall–Kier alpha value is -2.77. The summed E-state index contributed by atoms with van der Waals surface area (Å²) in [5.41, 5.74) is 0.899. The number of halogens is 3. The fourth-order valence-electron chi connectivity index (χ4n) is 1.74. The fraction of sp³-hybridized carbons (Fsp3) is 0.200. The average molecular weight is 326 g/mol. The maximum absolute atomic E-state index is 12.0. The average Bonchev–Trinajstić information content (AvgIpc) is 2.51. The van der Waals surface area contributed by atoms with Crippen molar-refractivity contribution in [1.29, 1.82) is 0 Å². The van der Waals surface area contributed by atoms with E-state index in [0.717, 1.165) is 6.20 Å². The Morgan fingerprint density at radius 2 is 1.91 bits per heavy atom. The lowest BCUT2D eigenvalue weighted by atomic mass is 10.2. The molecule has 0 aliphatic heterocycles. The van der Waals surface area contributed by atoms with E-state index in [1.54, 1.807) is 12.1 Å². The molecular weight excluding hydrogens is 313 g/mol. The first kappa shape index (κ1) is 16.6. The third kappa shape index (κ3) is 5.50. The van der Waals surface area contributed by atoms with E-state index in [2.05, 4.69) is 10.1 Å². The molecule has 0 atom stereocenters. The van der Waals surface area contributed by atoms with Crippen LogP contribution in [0.3, 0.4) is 0 Å². The number of carbonyl (C=O) groups excluding carboxylic acids is 1. The minimum atomic E-state index is -4.39. The van der Waals surface area contributed by atoms with E-state index in [1.807, 2.05) is 0 Å². The number of nitrogens with zero attached hydrogens (tertiary/aromatic N) is 1. The Bertz CT molecular complexity index is 672. The molecule has 0 saturated carbocycles. The number of aromatic nitrogens is 1. The second kappa shape index (κ2) is 6.99. The molecule has 0 aliphatic carbocycles. The van der Waals surface area contributed by atoms with Crippen molar-refractivity contribution >= 4 is 5.91 Å². The Balaban J connectivity index is 1.87. The summed E-state index contributed by atoms with van der Waals surface area (Å²) in [4.78, 5) is 11.8. The van der Waals surface area contributed by atoms with Crippen LogP contribution in [-0.2, 0) is 6.54 Å². The minimum absolute atomic E-state index is 0.0906. The van der Waals surface area contributed by atoms with Gasteiger partial charge in [-0.2, -0.15) is 17.9 Å². The van der Waals surface area contributed by atoms with E-state index < -0.39 is 18.7 Å². The highest BCUT2D eigenvalue weighted by Gasteiger charge is 2.28. The van der Waals surface area contributed by atoms with Gasteiger partial charge >= 0.3 is 6.18 Å². The smallest absolute Gasteiger partial charge is 0.422 e. The van der Waals surface area contributed by atoms with Gasteiger partial charge < -0.3 is 15.3 Å². The van der Waals surface area contributed by atoms with Crippen molar-refractivity contribution in [3.63, 3.8) is 0 Å². The molecule has 0 aliphatic rings. The quantitative estimate of drug-likeness (QED) is 0.677. The molecule has 23 heavy (non-hydrogen) atoms. The summed E-state index contributed by atoms with van der Waals surface area (Å²) in [6.45, 7) is -1.18. The second-order valence-electron chi connectivity index (χ2n) is 4.68. The lowest BCUT2D eigenvalue weighted by Crippen LogP contribution is -2.29. The van der Waals surface area contributed by atoms with Crippen LogP contribution >= 0.6 is 0 Å². The van der Waals surface area contributed by atoms with Crippen LogP contribution in [0, 0.1) is 5.21 Å². The van der Waals surface area contributed by atoms with Crippen LogP contribution in [0.25, 0.3) is 0 Å². The topological polar surface area (TPSA) is 65.3 Å². The molecule has 1 N–H and O–H groups in total. The molecule has 0 bridgehead atoms. The van der Waals surface area contributed by atoms with Crippen molar-refractivity contribution in [2.75, 3.05) is 6.61 Å². The Morgan fingerprint density at radius 1 is 1.22 bits per heavy atom. The predicted octanol–water partition coefficient (Wildman–Crippen LogP) is 2.19. The van der Waals surface area contributed by atoms with Crippen LogP contribution in [0.4, 0.5) is 13.2 Å². The van der Waals surface area contributed by atoms with Crippen molar-refractivity contribution < 1.29 is 27.4 Å². The van der Waals surface area contributed by atoms with Gasteiger partial charge in [0.05, 0.1) is 0 Å². The van der Waals surface area contributed by atoms with Crippen LogP contribution in [0.1, 0.15) is 15.9 Å². The van der Waals surface area contributed by atoms with E-state index in [1.165, 1.54) is 30.5 Å². The maximum atomic E-state index is 12.0. The van der Waals surface area contributed by atoms with Crippen molar-refractivity contribution in [3.8, 4) is 5.75 Å². The molecule has 0 unspecified atom stereocenters. The zero-order chi connectivity index (χ0) is 16.9. The molecule has 0 saturated heterocycles. The molecule has 5 nitrogen and oxygen atoms in total. The summed E-state index contributed by atoms with van der Waals surface area (Å²) in [6.07, 6.45) is -1.99. The molecule has 2 rings (SSSR count). The van der Waals surface area contributed by atoms with Gasteiger partial charge in [0.1, 0.15) is 11.3 Å².